The lowest BCUT2D eigenvalue weighted by Gasteiger charge is -2.14. The van der Waals surface area contributed by atoms with Crippen LogP contribution in [0.15, 0.2) is 46.2 Å². The van der Waals surface area contributed by atoms with E-state index >= 15 is 0 Å². The number of nitrogens with one attached hydrogen (secondary N) is 2. The summed E-state index contributed by atoms with van der Waals surface area (Å²) in [5.41, 5.74) is 1.24. The molecule has 11 heteroatoms. The van der Waals surface area contributed by atoms with Crippen LogP contribution in [0.5, 0.6) is 0 Å². The Morgan fingerprint density at radius 1 is 0.933 bits per heavy atom. The molecule has 8 nitrogen and oxygen atoms in total. The second-order valence-electron chi connectivity index (χ2n) is 6.83. The summed E-state index contributed by atoms with van der Waals surface area (Å²) in [6.45, 7) is 5.44. The predicted octanol–water partition coefficient (Wildman–Crippen LogP) is 3.35. The first kappa shape index (κ1) is 24.0. The molecule has 0 saturated carbocycles. The number of hydrogen-bond acceptors (Lipinski definition) is 5. The number of benzene rings is 2. The van der Waals surface area contributed by atoms with E-state index in [0.717, 1.165) is 0 Å². The molecule has 0 unspecified atom stereocenters. The van der Waals surface area contributed by atoms with Gasteiger partial charge in [0, 0.05) is 11.7 Å². The number of rotatable bonds is 6. The monoisotopic (exact) mass is 470 g/mol. The standard InChI is InChI=1S/C19H22N2O6S3/c1-12(2)20-19(28)21-16-9-8-15(18(11-16)30(25,26)27)7-6-14-5-4-13(3)10-17(14)29(22,23)24/h4-12H,1-3H3,(H2,20,21,28)(H,22,23,24)(H,25,26,27)/b7-6+. The van der Waals surface area contributed by atoms with Crippen molar-refractivity contribution in [1.29, 1.82) is 0 Å². The third-order valence-electron chi connectivity index (χ3n) is 3.86. The number of anilines is 1. The molecule has 2 aromatic rings. The van der Waals surface area contributed by atoms with E-state index in [1.54, 1.807) is 19.1 Å². The Balaban J connectivity index is 2.47. The van der Waals surface area contributed by atoms with E-state index in [9.17, 15) is 25.9 Å². The van der Waals surface area contributed by atoms with Crippen molar-refractivity contribution in [3.8, 4) is 0 Å². The lowest BCUT2D eigenvalue weighted by molar-refractivity contribution is 0.480. The molecule has 2 rings (SSSR count). The van der Waals surface area contributed by atoms with Crippen LogP contribution in [0.4, 0.5) is 5.69 Å². The summed E-state index contributed by atoms with van der Waals surface area (Å²) in [6, 6.07) is 8.70. The van der Waals surface area contributed by atoms with E-state index in [4.69, 9.17) is 12.2 Å². The summed E-state index contributed by atoms with van der Waals surface area (Å²) < 4.78 is 66.0. The highest BCUT2D eigenvalue weighted by molar-refractivity contribution is 7.86. The molecule has 162 valence electrons. The Morgan fingerprint density at radius 2 is 1.43 bits per heavy atom. The molecule has 0 heterocycles. The molecule has 0 aliphatic heterocycles. The minimum atomic E-state index is -4.59. The number of hydrogen-bond donors (Lipinski definition) is 4. The quantitative estimate of drug-likeness (QED) is 0.285. The van der Waals surface area contributed by atoms with Gasteiger partial charge in [0.05, 0.1) is 0 Å². The minimum absolute atomic E-state index is 0.0692. The summed E-state index contributed by atoms with van der Waals surface area (Å²) in [4.78, 5) is -0.702. The fraction of sp³-hybridized carbons (Fsp3) is 0.211. The van der Waals surface area contributed by atoms with Gasteiger partial charge in [-0.1, -0.05) is 30.4 Å². The van der Waals surface area contributed by atoms with Crippen LogP contribution in [-0.4, -0.2) is 37.1 Å². The Morgan fingerprint density at radius 3 is 1.93 bits per heavy atom. The van der Waals surface area contributed by atoms with E-state index in [1.165, 1.54) is 36.4 Å². The van der Waals surface area contributed by atoms with Gasteiger partial charge in [-0.25, -0.2) is 0 Å². The average Bonchev–Trinajstić information content (AvgIpc) is 2.59. The minimum Gasteiger partial charge on any atom is -0.360 e. The van der Waals surface area contributed by atoms with Gasteiger partial charge in [0.25, 0.3) is 20.2 Å². The van der Waals surface area contributed by atoms with Gasteiger partial charge in [-0.3, -0.25) is 9.11 Å². The normalized spacial score (nSPS) is 12.3. The molecule has 0 bridgehead atoms. The van der Waals surface area contributed by atoms with E-state index in [0.29, 0.717) is 11.3 Å². The van der Waals surface area contributed by atoms with Crippen LogP contribution in [-0.2, 0) is 20.2 Å². The van der Waals surface area contributed by atoms with Gasteiger partial charge < -0.3 is 10.6 Å². The summed E-state index contributed by atoms with van der Waals surface area (Å²) in [5.74, 6) is 0. The van der Waals surface area contributed by atoms with Gasteiger partial charge in [-0.15, -0.1) is 0 Å². The van der Waals surface area contributed by atoms with Crippen LogP contribution >= 0.6 is 12.2 Å². The van der Waals surface area contributed by atoms with Crippen LogP contribution < -0.4 is 10.6 Å². The van der Waals surface area contributed by atoms with Gasteiger partial charge in [-0.2, -0.15) is 16.8 Å². The van der Waals surface area contributed by atoms with E-state index in [1.807, 2.05) is 13.8 Å². The van der Waals surface area contributed by atoms with E-state index < -0.39 is 25.1 Å². The van der Waals surface area contributed by atoms with Crippen LogP contribution in [0.1, 0.15) is 30.5 Å². The average molecular weight is 471 g/mol. The van der Waals surface area contributed by atoms with Crippen LogP contribution in [0, 0.1) is 6.92 Å². The molecular weight excluding hydrogens is 448 g/mol. The third kappa shape index (κ3) is 6.61. The first-order chi connectivity index (χ1) is 13.8. The first-order valence-electron chi connectivity index (χ1n) is 8.72. The molecule has 0 atom stereocenters. The maximum atomic E-state index is 11.9. The number of thiocarbonyl (C=S) groups is 1. The van der Waals surface area contributed by atoms with Crippen molar-refractivity contribution in [1.82, 2.24) is 5.32 Å². The molecule has 0 aliphatic carbocycles. The van der Waals surface area contributed by atoms with Gasteiger partial charge in [0.15, 0.2) is 5.11 Å². The van der Waals surface area contributed by atoms with Gasteiger partial charge in [0.2, 0.25) is 0 Å². The fourth-order valence-electron chi connectivity index (χ4n) is 2.58. The van der Waals surface area contributed by atoms with Crippen molar-refractivity contribution < 1.29 is 25.9 Å². The summed E-state index contributed by atoms with van der Waals surface area (Å²) in [6.07, 6.45) is 2.67. The van der Waals surface area contributed by atoms with Crippen LogP contribution in [0.25, 0.3) is 12.2 Å². The highest BCUT2D eigenvalue weighted by Crippen LogP contribution is 2.25. The van der Waals surface area contributed by atoms with Crippen molar-refractivity contribution >= 4 is 55.4 Å². The summed E-state index contributed by atoms with van der Waals surface area (Å²) in [7, 11) is -9.07. The fourth-order valence-corrected chi connectivity index (χ4v) is 4.42. The molecule has 30 heavy (non-hydrogen) atoms. The lowest BCUT2D eigenvalue weighted by atomic mass is 10.1. The maximum absolute atomic E-state index is 11.9. The van der Waals surface area contributed by atoms with Crippen molar-refractivity contribution in [2.45, 2.75) is 36.6 Å². The Bertz CT molecular complexity index is 1200. The molecule has 0 saturated heterocycles. The van der Waals surface area contributed by atoms with Crippen molar-refractivity contribution in [3.05, 3.63) is 53.1 Å². The summed E-state index contributed by atoms with van der Waals surface area (Å²) >= 11 is 5.13. The molecular formula is C19H22N2O6S3. The third-order valence-corrected chi connectivity index (χ3v) is 5.90. The largest absolute Gasteiger partial charge is 0.360 e. The first-order valence-corrected chi connectivity index (χ1v) is 12.0. The topological polar surface area (TPSA) is 133 Å². The highest BCUT2D eigenvalue weighted by atomic mass is 32.2. The van der Waals surface area contributed by atoms with Gasteiger partial charge in [0.1, 0.15) is 9.79 Å². The second-order valence-corrected chi connectivity index (χ2v) is 10.0. The predicted molar refractivity (Wildman–Crippen MR) is 121 cm³/mol. The molecule has 0 aliphatic rings. The summed E-state index contributed by atoms with van der Waals surface area (Å²) in [5, 5.41) is 6.06. The van der Waals surface area contributed by atoms with E-state index in [2.05, 4.69) is 10.6 Å². The SMILES string of the molecule is Cc1ccc(/C=C/c2ccc(NC(=S)NC(C)C)cc2S(=O)(=O)O)c(S(=O)(=O)O)c1. The molecule has 0 radical (unpaired) electrons. The van der Waals surface area contributed by atoms with Gasteiger partial charge in [-0.05, 0) is 67.9 Å². The Labute approximate surface area is 181 Å². The molecule has 2 aromatic carbocycles. The molecule has 0 aromatic heterocycles. The zero-order valence-electron chi connectivity index (χ0n) is 16.4. The van der Waals surface area contributed by atoms with Crippen LogP contribution in [0.3, 0.4) is 0 Å². The Hall–Kier alpha value is -2.31. The van der Waals surface area contributed by atoms with Crippen molar-refractivity contribution in [2.24, 2.45) is 0 Å². The molecule has 0 fully saturated rings. The van der Waals surface area contributed by atoms with Gasteiger partial charge >= 0.3 is 0 Å². The molecule has 4 N–H and O–H groups in total. The Kier molecular flexibility index (Phi) is 7.37. The van der Waals surface area contributed by atoms with Crippen molar-refractivity contribution in [3.63, 3.8) is 0 Å². The zero-order chi connectivity index (χ0) is 22.7. The lowest BCUT2D eigenvalue weighted by Crippen LogP contribution is -2.33. The van der Waals surface area contributed by atoms with E-state index in [-0.39, 0.29) is 27.2 Å². The maximum Gasteiger partial charge on any atom is 0.295 e. The molecule has 0 spiro atoms. The zero-order valence-corrected chi connectivity index (χ0v) is 18.9. The highest BCUT2D eigenvalue weighted by Gasteiger charge is 2.17. The smallest absolute Gasteiger partial charge is 0.295 e. The number of aryl methyl sites for hydroxylation is 1. The second kappa shape index (κ2) is 9.23. The van der Waals surface area contributed by atoms with Crippen LogP contribution in [0.2, 0.25) is 0 Å². The molecule has 0 amide bonds. The van der Waals surface area contributed by atoms with Crippen molar-refractivity contribution in [2.75, 3.05) is 5.32 Å².